The molecule has 2 saturated heterocycles. The van der Waals surface area contributed by atoms with Gasteiger partial charge in [-0.1, -0.05) is 30.3 Å². The second-order valence-electron chi connectivity index (χ2n) is 7.32. The van der Waals surface area contributed by atoms with E-state index >= 15 is 0 Å². The molecule has 7 nitrogen and oxygen atoms in total. The van der Waals surface area contributed by atoms with Crippen molar-refractivity contribution in [1.29, 1.82) is 0 Å². The number of rotatable bonds is 5. The number of carbonyl (C=O) groups is 4. The lowest BCUT2D eigenvalue weighted by atomic mass is 9.77. The predicted octanol–water partition coefficient (Wildman–Crippen LogP) is 1.57. The Bertz CT molecular complexity index is 753. The molecule has 1 atom stereocenters. The largest absolute Gasteiger partial charge is 0.481 e. The molecule has 2 heterocycles. The molecule has 1 aromatic carbocycles. The molecule has 2 aliphatic heterocycles. The third-order valence-electron chi connectivity index (χ3n) is 6.01. The van der Waals surface area contributed by atoms with Crippen LogP contribution in [-0.4, -0.2) is 64.1 Å². The number of piperidine rings is 1. The van der Waals surface area contributed by atoms with Crippen LogP contribution in [0, 0.1) is 5.92 Å². The molecule has 27 heavy (non-hydrogen) atoms. The summed E-state index contributed by atoms with van der Waals surface area (Å²) in [6.07, 6.45) is 1.21. The normalized spacial score (nSPS) is 21.5. The van der Waals surface area contributed by atoms with Crippen LogP contribution >= 0.6 is 0 Å². The number of ketones is 1. The van der Waals surface area contributed by atoms with Gasteiger partial charge in [-0.15, -0.1) is 0 Å². The molecule has 1 aromatic rings. The van der Waals surface area contributed by atoms with Gasteiger partial charge < -0.3 is 14.9 Å². The van der Waals surface area contributed by atoms with E-state index in [9.17, 15) is 24.3 Å². The summed E-state index contributed by atoms with van der Waals surface area (Å²) in [5.74, 6) is -2.01. The second kappa shape index (κ2) is 7.50. The summed E-state index contributed by atoms with van der Waals surface area (Å²) in [6.45, 7) is 0.805. The molecule has 1 N–H and O–H groups in total. The summed E-state index contributed by atoms with van der Waals surface area (Å²) in [4.78, 5) is 51.5. The van der Waals surface area contributed by atoms with E-state index in [0.717, 1.165) is 0 Å². The lowest BCUT2D eigenvalue weighted by Crippen LogP contribution is -2.56. The van der Waals surface area contributed by atoms with Crippen molar-refractivity contribution in [2.75, 3.05) is 20.1 Å². The van der Waals surface area contributed by atoms with Crippen LogP contribution in [0.25, 0.3) is 0 Å². The molecule has 3 rings (SSSR count). The van der Waals surface area contributed by atoms with E-state index in [1.165, 1.54) is 0 Å². The van der Waals surface area contributed by atoms with Crippen molar-refractivity contribution in [3.63, 3.8) is 0 Å². The van der Waals surface area contributed by atoms with Gasteiger partial charge in [0.2, 0.25) is 11.8 Å². The summed E-state index contributed by atoms with van der Waals surface area (Å²) in [5.41, 5.74) is -0.113. The number of likely N-dealkylation sites (tertiary alicyclic amines) is 2. The molecule has 0 radical (unpaired) electrons. The Labute approximate surface area is 157 Å². The molecule has 2 fully saturated rings. The van der Waals surface area contributed by atoms with E-state index in [0.29, 0.717) is 31.5 Å². The topological polar surface area (TPSA) is 95.0 Å². The molecular formula is C20H24N2O5. The Balaban J connectivity index is 1.57. The van der Waals surface area contributed by atoms with Crippen LogP contribution < -0.4 is 0 Å². The smallest absolute Gasteiger partial charge is 0.309 e. The van der Waals surface area contributed by atoms with E-state index in [1.54, 1.807) is 41.1 Å². The van der Waals surface area contributed by atoms with E-state index in [-0.39, 0.29) is 36.9 Å². The summed E-state index contributed by atoms with van der Waals surface area (Å²) in [6, 6.07) is 8.88. The van der Waals surface area contributed by atoms with Crippen molar-refractivity contribution < 1.29 is 24.3 Å². The molecule has 7 heteroatoms. The van der Waals surface area contributed by atoms with E-state index < -0.39 is 17.4 Å². The van der Waals surface area contributed by atoms with E-state index in [1.807, 2.05) is 6.07 Å². The van der Waals surface area contributed by atoms with Gasteiger partial charge in [-0.2, -0.15) is 0 Å². The molecule has 144 valence electrons. The third-order valence-corrected chi connectivity index (χ3v) is 6.01. The monoisotopic (exact) mass is 372 g/mol. The SMILES string of the molecule is CN1C(=O)C[C@@H](C(=O)O)C12CCN(C(=O)CCC(=O)c1ccccc1)CC2. The van der Waals surface area contributed by atoms with Crippen LogP contribution in [0.15, 0.2) is 30.3 Å². The fourth-order valence-electron chi connectivity index (χ4n) is 4.27. The van der Waals surface area contributed by atoms with Gasteiger partial charge in [0.1, 0.15) is 0 Å². The van der Waals surface area contributed by atoms with Gasteiger partial charge in [0, 0.05) is 45.0 Å². The number of hydrogen-bond acceptors (Lipinski definition) is 4. The van der Waals surface area contributed by atoms with Gasteiger partial charge in [0.05, 0.1) is 11.5 Å². The van der Waals surface area contributed by atoms with Gasteiger partial charge in [-0.3, -0.25) is 19.2 Å². The van der Waals surface area contributed by atoms with Crippen LogP contribution in [-0.2, 0) is 14.4 Å². The quantitative estimate of drug-likeness (QED) is 0.792. The van der Waals surface area contributed by atoms with Crippen LogP contribution in [0.4, 0.5) is 0 Å². The van der Waals surface area contributed by atoms with Crippen molar-refractivity contribution in [3.05, 3.63) is 35.9 Å². The molecule has 0 saturated carbocycles. The number of carboxylic acids is 1. The molecular weight excluding hydrogens is 348 g/mol. The highest BCUT2D eigenvalue weighted by Crippen LogP contribution is 2.42. The lowest BCUT2D eigenvalue weighted by molar-refractivity contribution is -0.147. The highest BCUT2D eigenvalue weighted by Gasteiger charge is 2.55. The minimum atomic E-state index is -0.957. The Morgan fingerprint density at radius 2 is 1.74 bits per heavy atom. The molecule has 0 unspecified atom stereocenters. The zero-order chi connectivity index (χ0) is 19.6. The number of amides is 2. The van der Waals surface area contributed by atoms with E-state index in [4.69, 9.17) is 0 Å². The van der Waals surface area contributed by atoms with Crippen LogP contribution in [0.3, 0.4) is 0 Å². The number of carbonyl (C=O) groups excluding carboxylic acids is 3. The first-order valence-electron chi connectivity index (χ1n) is 9.20. The lowest BCUT2D eigenvalue weighted by Gasteiger charge is -2.45. The summed E-state index contributed by atoms with van der Waals surface area (Å²) in [5, 5.41) is 9.50. The fraction of sp³-hybridized carbons (Fsp3) is 0.500. The first-order valence-corrected chi connectivity index (χ1v) is 9.20. The Morgan fingerprint density at radius 1 is 1.11 bits per heavy atom. The van der Waals surface area contributed by atoms with Crippen LogP contribution in [0.1, 0.15) is 42.5 Å². The summed E-state index contributed by atoms with van der Waals surface area (Å²) >= 11 is 0. The highest BCUT2D eigenvalue weighted by atomic mass is 16.4. The molecule has 0 bridgehead atoms. The van der Waals surface area contributed by atoms with Gasteiger partial charge in [-0.25, -0.2) is 0 Å². The van der Waals surface area contributed by atoms with Crippen molar-refractivity contribution in [3.8, 4) is 0 Å². The number of Topliss-reactive ketones (excluding diaryl/α,β-unsaturated/α-hetero) is 1. The van der Waals surface area contributed by atoms with Crippen molar-refractivity contribution in [2.24, 2.45) is 5.92 Å². The predicted molar refractivity (Wildman–Crippen MR) is 97.1 cm³/mol. The van der Waals surface area contributed by atoms with Gasteiger partial charge in [-0.05, 0) is 12.8 Å². The van der Waals surface area contributed by atoms with Crippen molar-refractivity contribution in [2.45, 2.75) is 37.6 Å². The number of hydrogen-bond donors (Lipinski definition) is 1. The Kier molecular flexibility index (Phi) is 5.30. The van der Waals surface area contributed by atoms with Crippen molar-refractivity contribution >= 4 is 23.6 Å². The average Bonchev–Trinajstić information content (AvgIpc) is 2.92. The molecule has 1 spiro atoms. The molecule has 0 aromatic heterocycles. The van der Waals surface area contributed by atoms with Crippen LogP contribution in [0.2, 0.25) is 0 Å². The number of carboxylic acid groups (broad SMARTS) is 1. The molecule has 0 aliphatic carbocycles. The number of aliphatic carboxylic acids is 1. The molecule has 2 amide bonds. The first-order chi connectivity index (χ1) is 12.8. The minimum absolute atomic E-state index is 0.0192. The zero-order valence-corrected chi connectivity index (χ0v) is 15.4. The molecule has 2 aliphatic rings. The Hall–Kier alpha value is -2.70. The minimum Gasteiger partial charge on any atom is -0.481 e. The fourth-order valence-corrected chi connectivity index (χ4v) is 4.27. The van der Waals surface area contributed by atoms with E-state index in [2.05, 4.69) is 0 Å². The zero-order valence-electron chi connectivity index (χ0n) is 15.4. The maximum atomic E-state index is 12.5. The second-order valence-corrected chi connectivity index (χ2v) is 7.32. The van der Waals surface area contributed by atoms with Crippen LogP contribution in [0.5, 0.6) is 0 Å². The van der Waals surface area contributed by atoms with Gasteiger partial charge >= 0.3 is 5.97 Å². The standard InChI is InChI=1S/C20H24N2O5/c1-21-18(25)13-15(19(26)27)20(21)9-11-22(12-10-20)17(24)8-7-16(23)14-5-3-2-4-6-14/h2-6,15H,7-13H2,1H3,(H,26,27)/t15-/m0/s1. The summed E-state index contributed by atoms with van der Waals surface area (Å²) < 4.78 is 0. The maximum absolute atomic E-state index is 12.5. The van der Waals surface area contributed by atoms with Crippen molar-refractivity contribution in [1.82, 2.24) is 9.80 Å². The maximum Gasteiger partial charge on any atom is 0.309 e. The Morgan fingerprint density at radius 3 is 2.33 bits per heavy atom. The first kappa shape index (κ1) is 19.1. The number of benzene rings is 1. The van der Waals surface area contributed by atoms with Gasteiger partial charge in [0.25, 0.3) is 0 Å². The van der Waals surface area contributed by atoms with Gasteiger partial charge in [0.15, 0.2) is 5.78 Å². The third kappa shape index (κ3) is 3.59. The number of nitrogens with zero attached hydrogens (tertiary/aromatic N) is 2. The average molecular weight is 372 g/mol. The summed E-state index contributed by atoms with van der Waals surface area (Å²) in [7, 11) is 1.65. The highest BCUT2D eigenvalue weighted by molar-refractivity contribution is 5.98.